The molecule has 1 fully saturated rings. The Labute approximate surface area is 154 Å². The van der Waals surface area contributed by atoms with Crippen molar-refractivity contribution in [3.63, 3.8) is 0 Å². The molecule has 2 aliphatic heterocycles. The molecule has 0 aliphatic carbocycles. The van der Waals surface area contributed by atoms with Gasteiger partial charge in [-0.3, -0.25) is 9.88 Å². The molecule has 7 nitrogen and oxygen atoms in total. The van der Waals surface area contributed by atoms with Gasteiger partial charge in [-0.05, 0) is 51.2 Å². The van der Waals surface area contributed by atoms with Gasteiger partial charge in [-0.25, -0.2) is 9.59 Å². The minimum Gasteiger partial charge on any atom is -0.478 e. The van der Waals surface area contributed by atoms with Crippen molar-refractivity contribution < 1.29 is 24.2 Å². The quantitative estimate of drug-likeness (QED) is 0.821. The number of aromatic carboxylic acids is 1. The largest absolute Gasteiger partial charge is 0.478 e. The van der Waals surface area contributed by atoms with Crippen LogP contribution in [0.2, 0.25) is 0 Å². The summed E-state index contributed by atoms with van der Waals surface area (Å²) < 4.78 is 10.4. The third-order valence-corrected chi connectivity index (χ3v) is 4.17. The van der Waals surface area contributed by atoms with Crippen molar-refractivity contribution in [3.05, 3.63) is 29.1 Å². The summed E-state index contributed by atoms with van der Waals surface area (Å²) in [6.45, 7) is 10.3. The zero-order chi connectivity index (χ0) is 19.3. The predicted molar refractivity (Wildman–Crippen MR) is 95.9 cm³/mol. The maximum atomic E-state index is 11.9. The van der Waals surface area contributed by atoms with E-state index in [1.165, 1.54) is 23.9 Å². The normalized spacial score (nSPS) is 17.2. The summed E-state index contributed by atoms with van der Waals surface area (Å²) in [6, 6.07) is 1.55. The van der Waals surface area contributed by atoms with E-state index in [4.69, 9.17) is 14.6 Å². The van der Waals surface area contributed by atoms with Crippen LogP contribution in [0.25, 0.3) is 0 Å². The van der Waals surface area contributed by atoms with Crippen LogP contribution in [0.5, 0.6) is 0 Å². The van der Waals surface area contributed by atoms with E-state index >= 15 is 0 Å². The van der Waals surface area contributed by atoms with Crippen molar-refractivity contribution in [2.24, 2.45) is 5.92 Å². The molecule has 0 aromatic carbocycles. The molecule has 1 aromatic heterocycles. The molecule has 1 amide bonds. The lowest BCUT2D eigenvalue weighted by Gasteiger charge is -2.23. The van der Waals surface area contributed by atoms with Gasteiger partial charge >= 0.3 is 12.1 Å². The summed E-state index contributed by atoms with van der Waals surface area (Å²) in [6.07, 6.45) is 3.42. The average molecular weight is 364 g/mol. The van der Waals surface area contributed by atoms with Gasteiger partial charge in [0.2, 0.25) is 0 Å². The van der Waals surface area contributed by atoms with E-state index in [0.717, 1.165) is 30.4 Å². The smallest absolute Gasteiger partial charge is 0.410 e. The van der Waals surface area contributed by atoms with Crippen LogP contribution in [0, 0.1) is 5.92 Å². The Morgan fingerprint density at radius 2 is 1.92 bits per heavy atom. The SMILES string of the molecule is CC(C)(C)OC(=O)N1Cc2cc(C(=O)O)cnc2C1.CC1CCOCC1. The molecular weight excluding hydrogens is 336 g/mol. The molecular formula is C19H28N2O5. The van der Waals surface area contributed by atoms with E-state index in [1.54, 1.807) is 26.8 Å². The molecule has 3 heterocycles. The van der Waals surface area contributed by atoms with E-state index in [0.29, 0.717) is 13.1 Å². The molecule has 1 saturated heterocycles. The van der Waals surface area contributed by atoms with Crippen LogP contribution >= 0.6 is 0 Å². The van der Waals surface area contributed by atoms with Crippen molar-refractivity contribution >= 4 is 12.1 Å². The standard InChI is InChI=1S/C13H16N2O4.C6H12O/c1-13(2,3)19-12(18)15-6-9-4-8(11(16)17)5-14-10(9)7-15;1-6-2-4-7-5-3-6/h4-5H,6-7H2,1-3H3,(H,16,17);6H,2-5H2,1H3. The number of ether oxygens (including phenoxy) is 2. The zero-order valence-corrected chi connectivity index (χ0v) is 15.9. The second kappa shape index (κ2) is 8.49. The third kappa shape index (κ3) is 5.98. The lowest BCUT2D eigenvalue weighted by Crippen LogP contribution is -2.33. The highest BCUT2D eigenvalue weighted by Gasteiger charge is 2.29. The lowest BCUT2D eigenvalue weighted by molar-refractivity contribution is 0.0240. The topological polar surface area (TPSA) is 89.0 Å². The molecule has 0 bridgehead atoms. The first-order chi connectivity index (χ1) is 12.2. The maximum Gasteiger partial charge on any atom is 0.410 e. The van der Waals surface area contributed by atoms with Gasteiger partial charge in [0.15, 0.2) is 0 Å². The number of hydrogen-bond acceptors (Lipinski definition) is 5. The number of amides is 1. The molecule has 0 unspecified atom stereocenters. The summed E-state index contributed by atoms with van der Waals surface area (Å²) in [7, 11) is 0. The van der Waals surface area contributed by atoms with Crippen LogP contribution < -0.4 is 0 Å². The summed E-state index contributed by atoms with van der Waals surface area (Å²) in [5, 5.41) is 8.90. The number of carboxylic acids is 1. The molecule has 0 atom stereocenters. The van der Waals surface area contributed by atoms with Gasteiger partial charge in [0, 0.05) is 19.4 Å². The van der Waals surface area contributed by atoms with Gasteiger partial charge in [-0.1, -0.05) is 6.92 Å². The Bertz CT molecular complexity index is 648. The number of nitrogens with zero attached hydrogens (tertiary/aromatic N) is 2. The number of rotatable bonds is 1. The molecule has 1 N–H and O–H groups in total. The van der Waals surface area contributed by atoms with E-state index in [1.807, 2.05) is 0 Å². The first-order valence-corrected chi connectivity index (χ1v) is 8.92. The van der Waals surface area contributed by atoms with Crippen molar-refractivity contribution in [1.82, 2.24) is 9.88 Å². The Morgan fingerprint density at radius 3 is 2.42 bits per heavy atom. The van der Waals surface area contributed by atoms with E-state index < -0.39 is 17.7 Å². The Hall–Kier alpha value is -2.15. The first-order valence-electron chi connectivity index (χ1n) is 8.92. The van der Waals surface area contributed by atoms with E-state index in [-0.39, 0.29) is 5.56 Å². The number of aromatic nitrogens is 1. The fraction of sp³-hybridized carbons (Fsp3) is 0.632. The highest BCUT2D eigenvalue weighted by molar-refractivity contribution is 5.87. The molecule has 26 heavy (non-hydrogen) atoms. The van der Waals surface area contributed by atoms with Gasteiger partial charge in [0.05, 0.1) is 24.3 Å². The highest BCUT2D eigenvalue weighted by atomic mass is 16.6. The number of pyridine rings is 1. The molecule has 0 spiro atoms. The second-order valence-electron chi connectivity index (χ2n) is 7.77. The van der Waals surface area contributed by atoms with E-state index in [2.05, 4.69) is 11.9 Å². The first kappa shape index (κ1) is 20.2. The second-order valence-corrected chi connectivity index (χ2v) is 7.77. The van der Waals surface area contributed by atoms with Crippen LogP contribution in [0.1, 0.15) is 62.2 Å². The Balaban J connectivity index is 0.000000290. The van der Waals surface area contributed by atoms with Crippen LogP contribution in [0.15, 0.2) is 12.3 Å². The molecule has 2 aliphatic rings. The Kier molecular flexibility index (Phi) is 6.58. The monoisotopic (exact) mass is 364 g/mol. The molecule has 7 heteroatoms. The fourth-order valence-electron chi connectivity index (χ4n) is 2.65. The van der Waals surface area contributed by atoms with Gasteiger partial charge < -0.3 is 14.6 Å². The van der Waals surface area contributed by atoms with Crippen LogP contribution in [-0.4, -0.2) is 45.9 Å². The molecule has 3 rings (SSSR count). The molecule has 0 saturated carbocycles. The number of carbonyl (C=O) groups excluding carboxylic acids is 1. The summed E-state index contributed by atoms with van der Waals surface area (Å²) in [5.74, 6) is -0.111. The van der Waals surface area contributed by atoms with Gasteiger partial charge in [0.25, 0.3) is 0 Å². The number of fused-ring (bicyclic) bond motifs is 1. The molecule has 1 aromatic rings. The summed E-state index contributed by atoms with van der Waals surface area (Å²) >= 11 is 0. The van der Waals surface area contributed by atoms with Crippen LogP contribution in [0.3, 0.4) is 0 Å². The number of carboxylic acid groups (broad SMARTS) is 1. The van der Waals surface area contributed by atoms with Crippen LogP contribution in [-0.2, 0) is 22.6 Å². The number of carbonyl (C=O) groups is 2. The summed E-state index contributed by atoms with van der Waals surface area (Å²) in [5.41, 5.74) is 1.05. The zero-order valence-electron chi connectivity index (χ0n) is 15.9. The van der Waals surface area contributed by atoms with Crippen molar-refractivity contribution in [3.8, 4) is 0 Å². The lowest BCUT2D eigenvalue weighted by atomic mass is 10.0. The van der Waals surface area contributed by atoms with Crippen molar-refractivity contribution in [2.75, 3.05) is 13.2 Å². The fourth-order valence-corrected chi connectivity index (χ4v) is 2.65. The predicted octanol–water partition coefficient (Wildman–Crippen LogP) is 3.46. The highest BCUT2D eigenvalue weighted by Crippen LogP contribution is 2.23. The van der Waals surface area contributed by atoms with Crippen molar-refractivity contribution in [2.45, 2.75) is 59.2 Å². The number of hydrogen-bond donors (Lipinski definition) is 1. The minimum absolute atomic E-state index is 0.129. The molecule has 0 radical (unpaired) electrons. The van der Waals surface area contributed by atoms with Crippen molar-refractivity contribution in [1.29, 1.82) is 0 Å². The van der Waals surface area contributed by atoms with Gasteiger partial charge in [-0.15, -0.1) is 0 Å². The summed E-state index contributed by atoms with van der Waals surface area (Å²) in [4.78, 5) is 28.4. The van der Waals surface area contributed by atoms with Gasteiger partial charge in [0.1, 0.15) is 5.60 Å². The minimum atomic E-state index is -1.02. The maximum absolute atomic E-state index is 11.9. The van der Waals surface area contributed by atoms with E-state index in [9.17, 15) is 9.59 Å². The Morgan fingerprint density at radius 1 is 1.27 bits per heavy atom. The van der Waals surface area contributed by atoms with Crippen LogP contribution in [0.4, 0.5) is 4.79 Å². The van der Waals surface area contributed by atoms with Gasteiger partial charge in [-0.2, -0.15) is 0 Å². The average Bonchev–Trinajstić information content (AvgIpc) is 2.98. The molecule has 144 valence electrons. The third-order valence-electron chi connectivity index (χ3n) is 4.17.